The van der Waals surface area contributed by atoms with Gasteiger partial charge in [-0.25, -0.2) is 0 Å². The number of ketones is 1. The molecule has 104 valence electrons. The molecule has 4 nitrogen and oxygen atoms in total. The van der Waals surface area contributed by atoms with Crippen molar-refractivity contribution >= 4 is 5.78 Å². The second kappa shape index (κ2) is 5.47. The standard InChI is InChI=1S/C15H23N2O2/c18-14(15-4-3-13-19-15)5-6-16-7-11-17(12-8-16)9-1-2-10-17/h3-4,13H,1-2,5-12H2/q+1. The van der Waals surface area contributed by atoms with Gasteiger partial charge in [-0.05, 0) is 12.1 Å². The van der Waals surface area contributed by atoms with Gasteiger partial charge in [0, 0.05) is 38.9 Å². The van der Waals surface area contributed by atoms with E-state index in [1.807, 2.05) is 0 Å². The van der Waals surface area contributed by atoms with E-state index in [0.717, 1.165) is 19.6 Å². The molecule has 0 radical (unpaired) electrons. The molecule has 3 heterocycles. The highest BCUT2D eigenvalue weighted by molar-refractivity contribution is 5.93. The fourth-order valence-corrected chi connectivity index (χ4v) is 3.43. The molecule has 1 spiro atoms. The first-order chi connectivity index (χ1) is 9.27. The lowest BCUT2D eigenvalue weighted by atomic mass is 10.2. The quantitative estimate of drug-likeness (QED) is 0.613. The van der Waals surface area contributed by atoms with Crippen molar-refractivity contribution in [1.29, 1.82) is 0 Å². The monoisotopic (exact) mass is 263 g/mol. The van der Waals surface area contributed by atoms with Crippen LogP contribution in [0.2, 0.25) is 0 Å². The molecule has 0 aliphatic carbocycles. The van der Waals surface area contributed by atoms with Crippen LogP contribution in [-0.4, -0.2) is 61.0 Å². The molecule has 2 fully saturated rings. The number of nitrogens with zero attached hydrogens (tertiary/aromatic N) is 2. The lowest BCUT2D eigenvalue weighted by Crippen LogP contribution is -2.58. The number of carbonyl (C=O) groups is 1. The fourth-order valence-electron chi connectivity index (χ4n) is 3.43. The first kappa shape index (κ1) is 12.9. The van der Waals surface area contributed by atoms with E-state index in [9.17, 15) is 4.79 Å². The molecule has 0 atom stereocenters. The first-order valence-corrected chi connectivity index (χ1v) is 7.42. The Kier molecular flexibility index (Phi) is 3.71. The molecule has 0 amide bonds. The van der Waals surface area contributed by atoms with E-state index >= 15 is 0 Å². The van der Waals surface area contributed by atoms with Crippen molar-refractivity contribution in [3.63, 3.8) is 0 Å². The Labute approximate surface area is 114 Å². The van der Waals surface area contributed by atoms with Gasteiger partial charge in [-0.1, -0.05) is 0 Å². The van der Waals surface area contributed by atoms with Crippen molar-refractivity contribution in [2.45, 2.75) is 19.3 Å². The smallest absolute Gasteiger partial charge is 0.199 e. The van der Waals surface area contributed by atoms with Crippen LogP contribution >= 0.6 is 0 Å². The summed E-state index contributed by atoms with van der Waals surface area (Å²) in [6.45, 7) is 8.46. The zero-order chi connectivity index (χ0) is 13.1. The maximum Gasteiger partial charge on any atom is 0.199 e. The Hall–Kier alpha value is -1.13. The second-order valence-electron chi connectivity index (χ2n) is 5.94. The van der Waals surface area contributed by atoms with Gasteiger partial charge < -0.3 is 8.90 Å². The summed E-state index contributed by atoms with van der Waals surface area (Å²) in [6, 6.07) is 3.53. The molecule has 1 aromatic rings. The molecule has 2 aliphatic heterocycles. The van der Waals surface area contributed by atoms with E-state index in [1.165, 1.54) is 43.5 Å². The van der Waals surface area contributed by atoms with E-state index in [1.54, 1.807) is 18.4 Å². The number of hydrogen-bond donors (Lipinski definition) is 0. The number of hydrogen-bond acceptors (Lipinski definition) is 3. The summed E-state index contributed by atoms with van der Waals surface area (Å²) >= 11 is 0. The zero-order valence-corrected chi connectivity index (χ0v) is 11.5. The molecular weight excluding hydrogens is 240 g/mol. The van der Waals surface area contributed by atoms with Crippen molar-refractivity contribution < 1.29 is 13.7 Å². The minimum absolute atomic E-state index is 0.126. The van der Waals surface area contributed by atoms with E-state index in [-0.39, 0.29) is 5.78 Å². The van der Waals surface area contributed by atoms with Crippen LogP contribution < -0.4 is 0 Å². The lowest BCUT2D eigenvalue weighted by Gasteiger charge is -2.42. The molecule has 0 saturated carbocycles. The van der Waals surface area contributed by atoms with Crippen LogP contribution in [0.1, 0.15) is 29.8 Å². The normalized spacial score (nSPS) is 22.9. The van der Waals surface area contributed by atoms with Gasteiger partial charge in [0.1, 0.15) is 0 Å². The van der Waals surface area contributed by atoms with E-state index in [0.29, 0.717) is 12.2 Å². The van der Waals surface area contributed by atoms with Crippen molar-refractivity contribution in [2.75, 3.05) is 45.8 Å². The molecule has 0 bridgehead atoms. The molecule has 1 aromatic heterocycles. The van der Waals surface area contributed by atoms with Crippen LogP contribution in [-0.2, 0) is 0 Å². The van der Waals surface area contributed by atoms with Gasteiger partial charge in [0.15, 0.2) is 11.5 Å². The minimum atomic E-state index is 0.126. The van der Waals surface area contributed by atoms with Crippen LogP contribution in [0.5, 0.6) is 0 Å². The predicted molar refractivity (Wildman–Crippen MR) is 73.1 cm³/mol. The molecular formula is C15H23N2O2+. The third-order valence-corrected chi connectivity index (χ3v) is 4.75. The Morgan fingerprint density at radius 2 is 1.95 bits per heavy atom. The van der Waals surface area contributed by atoms with Crippen molar-refractivity contribution in [1.82, 2.24) is 4.90 Å². The molecule has 2 saturated heterocycles. The summed E-state index contributed by atoms with van der Waals surface area (Å²) in [5.74, 6) is 0.626. The van der Waals surface area contributed by atoms with Gasteiger partial charge in [0.25, 0.3) is 0 Å². The molecule has 2 aliphatic rings. The van der Waals surface area contributed by atoms with Crippen LogP contribution in [0.25, 0.3) is 0 Å². The molecule has 0 aromatic carbocycles. The minimum Gasteiger partial charge on any atom is -0.461 e. The average Bonchev–Trinajstić information content (AvgIpc) is 3.09. The van der Waals surface area contributed by atoms with Crippen molar-refractivity contribution in [3.8, 4) is 0 Å². The maximum absolute atomic E-state index is 11.9. The van der Waals surface area contributed by atoms with Crippen LogP contribution in [0, 0.1) is 0 Å². The summed E-state index contributed by atoms with van der Waals surface area (Å²) in [5.41, 5.74) is 0. The highest BCUT2D eigenvalue weighted by atomic mass is 16.3. The summed E-state index contributed by atoms with van der Waals surface area (Å²) in [5, 5.41) is 0. The van der Waals surface area contributed by atoms with E-state index in [4.69, 9.17) is 4.42 Å². The van der Waals surface area contributed by atoms with E-state index in [2.05, 4.69) is 4.90 Å². The number of furan rings is 1. The number of quaternary nitrogens is 1. The third-order valence-electron chi connectivity index (χ3n) is 4.75. The Bertz CT molecular complexity index is 411. The predicted octanol–water partition coefficient (Wildman–Crippen LogP) is 1.78. The lowest BCUT2D eigenvalue weighted by molar-refractivity contribution is -0.920. The van der Waals surface area contributed by atoms with Gasteiger partial charge in [0.2, 0.25) is 0 Å². The van der Waals surface area contributed by atoms with Gasteiger partial charge in [-0.15, -0.1) is 0 Å². The molecule has 4 heteroatoms. The third kappa shape index (κ3) is 2.90. The van der Waals surface area contributed by atoms with Crippen LogP contribution in [0.15, 0.2) is 22.8 Å². The Balaban J connectivity index is 1.44. The van der Waals surface area contributed by atoms with Crippen molar-refractivity contribution in [2.24, 2.45) is 0 Å². The largest absolute Gasteiger partial charge is 0.461 e. The van der Waals surface area contributed by atoms with Crippen LogP contribution in [0.4, 0.5) is 0 Å². The summed E-state index contributed by atoms with van der Waals surface area (Å²) < 4.78 is 6.48. The molecule has 0 N–H and O–H groups in total. The number of Topliss-reactive ketones (excluding diaryl/α,β-unsaturated/α-hetero) is 1. The SMILES string of the molecule is O=C(CCN1CC[N+]2(CCCC2)CC1)c1ccco1. The summed E-state index contributed by atoms with van der Waals surface area (Å²) in [6.07, 6.45) is 4.94. The average molecular weight is 263 g/mol. The topological polar surface area (TPSA) is 33.5 Å². The number of piperazine rings is 1. The van der Waals surface area contributed by atoms with Gasteiger partial charge in [-0.2, -0.15) is 0 Å². The van der Waals surface area contributed by atoms with Crippen molar-refractivity contribution in [3.05, 3.63) is 24.2 Å². The molecule has 3 rings (SSSR count). The number of carbonyl (C=O) groups excluding carboxylic acids is 1. The van der Waals surface area contributed by atoms with Gasteiger partial charge in [-0.3, -0.25) is 9.69 Å². The zero-order valence-electron chi connectivity index (χ0n) is 11.5. The second-order valence-corrected chi connectivity index (χ2v) is 5.94. The molecule has 19 heavy (non-hydrogen) atoms. The highest BCUT2D eigenvalue weighted by Gasteiger charge is 2.35. The highest BCUT2D eigenvalue weighted by Crippen LogP contribution is 2.22. The number of rotatable bonds is 4. The maximum atomic E-state index is 11.9. The van der Waals surface area contributed by atoms with Gasteiger partial charge in [0.05, 0.1) is 32.4 Å². The Morgan fingerprint density at radius 3 is 2.58 bits per heavy atom. The first-order valence-electron chi connectivity index (χ1n) is 7.42. The summed E-state index contributed by atoms with van der Waals surface area (Å²) in [7, 11) is 0. The van der Waals surface area contributed by atoms with Gasteiger partial charge >= 0.3 is 0 Å². The fraction of sp³-hybridized carbons (Fsp3) is 0.667. The summed E-state index contributed by atoms with van der Waals surface area (Å²) in [4.78, 5) is 14.3. The van der Waals surface area contributed by atoms with Crippen LogP contribution in [0.3, 0.4) is 0 Å². The van der Waals surface area contributed by atoms with E-state index < -0.39 is 0 Å². The molecule has 0 unspecified atom stereocenters. The Morgan fingerprint density at radius 1 is 1.21 bits per heavy atom.